The minimum Gasteiger partial charge on any atom is -0.497 e. The predicted molar refractivity (Wildman–Crippen MR) is 103 cm³/mol. The van der Waals surface area contributed by atoms with E-state index in [1.807, 2.05) is 0 Å². The molecule has 27 heavy (non-hydrogen) atoms. The number of carboxylic acid groups (broad SMARTS) is 1. The molecule has 0 saturated heterocycles. The molecule has 1 aromatic heterocycles. The summed E-state index contributed by atoms with van der Waals surface area (Å²) in [5.74, 6) is -0.797. The number of thiazole rings is 1. The van der Waals surface area contributed by atoms with E-state index in [1.165, 1.54) is 4.57 Å². The van der Waals surface area contributed by atoms with Crippen LogP contribution >= 0.6 is 23.6 Å². The highest BCUT2D eigenvalue weighted by molar-refractivity contribution is 7.73. The van der Waals surface area contributed by atoms with Crippen molar-refractivity contribution in [2.24, 2.45) is 4.99 Å². The van der Waals surface area contributed by atoms with Crippen LogP contribution in [0.25, 0.3) is 12.2 Å². The Labute approximate surface area is 163 Å². The molecule has 0 saturated carbocycles. The van der Waals surface area contributed by atoms with Gasteiger partial charge in [-0.15, -0.1) is 11.3 Å². The van der Waals surface area contributed by atoms with Gasteiger partial charge in [-0.2, -0.15) is 0 Å². The van der Waals surface area contributed by atoms with Crippen molar-refractivity contribution in [3.8, 4) is 11.6 Å². The Bertz CT molecular complexity index is 1130. The van der Waals surface area contributed by atoms with Crippen molar-refractivity contribution in [3.63, 3.8) is 0 Å². The van der Waals surface area contributed by atoms with Gasteiger partial charge in [-0.3, -0.25) is 14.2 Å². The van der Waals surface area contributed by atoms with Crippen molar-refractivity contribution in [1.29, 1.82) is 0 Å². The molecule has 1 amide bonds. The van der Waals surface area contributed by atoms with Gasteiger partial charge in [-0.05, 0) is 42.9 Å². The second-order valence-corrected chi connectivity index (χ2v) is 7.47. The van der Waals surface area contributed by atoms with E-state index in [-0.39, 0.29) is 12.3 Å². The molecule has 1 aliphatic rings. The summed E-state index contributed by atoms with van der Waals surface area (Å²) in [6.45, 7) is 0.293. The molecule has 140 valence electrons. The van der Waals surface area contributed by atoms with Crippen molar-refractivity contribution in [1.82, 2.24) is 4.57 Å². The number of aromatic nitrogens is 1. The van der Waals surface area contributed by atoms with Gasteiger partial charge in [0, 0.05) is 29.8 Å². The number of benzene rings is 1. The van der Waals surface area contributed by atoms with Gasteiger partial charge in [-0.25, -0.2) is 4.99 Å². The second-order valence-electron chi connectivity index (χ2n) is 5.79. The highest BCUT2D eigenvalue weighted by atomic mass is 32.1. The summed E-state index contributed by atoms with van der Waals surface area (Å²) in [4.78, 5) is 27.5. The monoisotopic (exact) mass is 404 g/mol. The van der Waals surface area contributed by atoms with Crippen LogP contribution in [0, 0.1) is 3.95 Å². The Balaban J connectivity index is 1.95. The Morgan fingerprint density at radius 2 is 2.22 bits per heavy atom. The van der Waals surface area contributed by atoms with Crippen LogP contribution in [0.4, 0.5) is 0 Å². The van der Waals surface area contributed by atoms with Gasteiger partial charge >= 0.3 is 5.97 Å². The summed E-state index contributed by atoms with van der Waals surface area (Å²) < 4.78 is 7.02. The molecular weight excluding hydrogens is 388 g/mol. The second kappa shape index (κ2) is 7.85. The van der Waals surface area contributed by atoms with Crippen molar-refractivity contribution in [2.45, 2.75) is 19.4 Å². The molecule has 0 bridgehead atoms. The summed E-state index contributed by atoms with van der Waals surface area (Å²) in [7, 11) is 1.54. The third kappa shape index (κ3) is 4.15. The first-order chi connectivity index (χ1) is 12.9. The van der Waals surface area contributed by atoms with Crippen molar-refractivity contribution < 1.29 is 24.5 Å². The van der Waals surface area contributed by atoms with Gasteiger partial charge in [0.25, 0.3) is 5.91 Å². The molecule has 0 unspecified atom stereocenters. The molecular formula is C18H16N2O5S2. The molecule has 2 heterocycles. The van der Waals surface area contributed by atoms with E-state index >= 15 is 0 Å². The van der Waals surface area contributed by atoms with Crippen LogP contribution in [0.2, 0.25) is 0 Å². The molecule has 2 N–H and O–H groups in total. The number of aromatic hydroxyl groups is 1. The van der Waals surface area contributed by atoms with Gasteiger partial charge in [-0.1, -0.05) is 0 Å². The first-order valence-corrected chi connectivity index (χ1v) is 9.26. The lowest BCUT2D eigenvalue weighted by atomic mass is 10.1. The average Bonchev–Trinajstić information content (AvgIpc) is 2.89. The number of methoxy groups -OCH3 is 1. The van der Waals surface area contributed by atoms with Crippen molar-refractivity contribution >= 4 is 47.6 Å². The van der Waals surface area contributed by atoms with Crippen LogP contribution in [0.3, 0.4) is 0 Å². The number of carbonyl (C=O) groups excluding carboxylic acids is 1. The van der Waals surface area contributed by atoms with E-state index in [0.717, 1.165) is 16.6 Å². The standard InChI is InChI=1S/C18H16N2O5S2/c1-25-12-5-4-10-7-11(16(23)19-13(10)9-12)8-14-17(24)20(18(26)27-14)6-2-3-15(21)22/h4-5,7-9,24H,2-3,6H2,1H3,(H,21,22)/b11-8-. The molecule has 0 fully saturated rings. The third-order valence-electron chi connectivity index (χ3n) is 3.97. The number of carboxylic acids is 1. The third-order valence-corrected chi connectivity index (χ3v) is 5.36. The molecule has 1 aromatic carbocycles. The number of nitrogens with zero attached hydrogens (tertiary/aromatic N) is 2. The number of hydrogen-bond acceptors (Lipinski definition) is 6. The Kier molecular flexibility index (Phi) is 5.52. The van der Waals surface area contributed by atoms with Crippen molar-refractivity contribution in [2.75, 3.05) is 7.11 Å². The van der Waals surface area contributed by atoms with Crippen LogP contribution in [-0.2, 0) is 16.1 Å². The largest absolute Gasteiger partial charge is 0.497 e. The van der Waals surface area contributed by atoms with Gasteiger partial charge < -0.3 is 14.9 Å². The SMILES string of the molecule is COc1ccc2c(c1)=NC(=O)/C(=C\c1sc(=S)n(CCCC(=O)O)c1O)C=2. The minimum absolute atomic E-state index is 0.0150. The smallest absolute Gasteiger partial charge is 0.303 e. The Morgan fingerprint density at radius 3 is 2.93 bits per heavy atom. The lowest BCUT2D eigenvalue weighted by Crippen LogP contribution is -2.30. The number of amides is 1. The zero-order valence-electron chi connectivity index (χ0n) is 14.3. The Morgan fingerprint density at radius 1 is 1.44 bits per heavy atom. The van der Waals surface area contributed by atoms with E-state index in [9.17, 15) is 14.7 Å². The van der Waals surface area contributed by atoms with E-state index in [2.05, 4.69) is 4.99 Å². The number of aliphatic carboxylic acids is 1. The lowest BCUT2D eigenvalue weighted by molar-refractivity contribution is -0.137. The predicted octanol–water partition coefficient (Wildman–Crippen LogP) is 1.88. The number of rotatable bonds is 6. The minimum atomic E-state index is -0.905. The molecule has 3 rings (SSSR count). The fourth-order valence-corrected chi connectivity index (χ4v) is 3.92. The molecule has 7 nitrogen and oxygen atoms in total. The van der Waals surface area contributed by atoms with Crippen LogP contribution in [-0.4, -0.2) is 33.8 Å². The summed E-state index contributed by atoms with van der Waals surface area (Å²) in [5.41, 5.74) is 0.330. The fourth-order valence-electron chi connectivity index (χ4n) is 2.61. The number of ether oxygens (including phenoxy) is 1. The maximum atomic E-state index is 12.3. The van der Waals surface area contributed by atoms with E-state index in [1.54, 1.807) is 37.5 Å². The van der Waals surface area contributed by atoms with Gasteiger partial charge in [0.15, 0.2) is 3.95 Å². The average molecular weight is 404 g/mol. The fraction of sp³-hybridized carbons (Fsp3) is 0.222. The van der Waals surface area contributed by atoms with Crippen LogP contribution in [0.1, 0.15) is 17.7 Å². The van der Waals surface area contributed by atoms with Crippen LogP contribution < -0.4 is 15.3 Å². The van der Waals surface area contributed by atoms with E-state index < -0.39 is 11.9 Å². The molecule has 1 aliphatic heterocycles. The van der Waals surface area contributed by atoms with Gasteiger partial charge in [0.1, 0.15) is 5.75 Å². The zero-order valence-corrected chi connectivity index (χ0v) is 16.0. The van der Waals surface area contributed by atoms with Crippen LogP contribution in [0.5, 0.6) is 11.6 Å². The summed E-state index contributed by atoms with van der Waals surface area (Å²) in [6, 6.07) is 5.26. The number of hydrogen-bond donors (Lipinski definition) is 2. The van der Waals surface area contributed by atoms with Crippen molar-refractivity contribution in [3.05, 3.63) is 43.2 Å². The molecule has 0 aliphatic carbocycles. The zero-order chi connectivity index (χ0) is 19.6. The first-order valence-electron chi connectivity index (χ1n) is 8.04. The number of carbonyl (C=O) groups is 2. The molecule has 9 heteroatoms. The quantitative estimate of drug-likeness (QED) is 0.563. The highest BCUT2D eigenvalue weighted by Crippen LogP contribution is 2.29. The maximum absolute atomic E-state index is 12.3. The summed E-state index contributed by atoms with van der Waals surface area (Å²) in [6.07, 6.45) is 3.57. The van der Waals surface area contributed by atoms with E-state index in [0.29, 0.717) is 38.5 Å². The van der Waals surface area contributed by atoms with Crippen LogP contribution in [0.15, 0.2) is 28.8 Å². The Hall–Kier alpha value is -2.78. The normalized spacial score (nSPS) is 14.4. The lowest BCUT2D eigenvalue weighted by Gasteiger charge is -2.05. The molecule has 0 spiro atoms. The first kappa shape index (κ1) is 19.0. The topological polar surface area (TPSA) is 101 Å². The number of fused-ring (bicyclic) bond motifs is 1. The van der Waals surface area contributed by atoms with Gasteiger partial charge in [0.2, 0.25) is 5.88 Å². The molecule has 0 atom stereocenters. The summed E-state index contributed by atoms with van der Waals surface area (Å²) in [5, 5.41) is 20.4. The van der Waals surface area contributed by atoms with Gasteiger partial charge in [0.05, 0.1) is 17.3 Å². The summed E-state index contributed by atoms with van der Waals surface area (Å²) >= 11 is 6.39. The maximum Gasteiger partial charge on any atom is 0.303 e. The molecule has 0 radical (unpaired) electrons. The van der Waals surface area contributed by atoms with E-state index in [4.69, 9.17) is 22.1 Å². The molecule has 2 aromatic rings. The highest BCUT2D eigenvalue weighted by Gasteiger charge is 2.15.